The maximum absolute atomic E-state index is 11.9. The van der Waals surface area contributed by atoms with Gasteiger partial charge < -0.3 is 0 Å². The van der Waals surface area contributed by atoms with Gasteiger partial charge in [-0.1, -0.05) is 11.6 Å². The summed E-state index contributed by atoms with van der Waals surface area (Å²) < 4.78 is 25.1. The van der Waals surface area contributed by atoms with Gasteiger partial charge in [0.05, 0.1) is 15.5 Å². The van der Waals surface area contributed by atoms with Gasteiger partial charge >= 0.3 is 0 Å². The quantitative estimate of drug-likeness (QED) is 0.791. The van der Waals surface area contributed by atoms with E-state index in [0.717, 1.165) is 4.70 Å². The van der Waals surface area contributed by atoms with Crippen molar-refractivity contribution in [2.75, 3.05) is 0 Å². The lowest BCUT2D eigenvalue weighted by molar-refractivity contribution is 0.589. The average Bonchev–Trinajstić information content (AvgIpc) is 2.60. The van der Waals surface area contributed by atoms with Crippen LogP contribution in [0.1, 0.15) is 13.8 Å². The Bertz CT molecular complexity index is 631. The van der Waals surface area contributed by atoms with Crippen molar-refractivity contribution in [1.82, 2.24) is 4.98 Å². The maximum Gasteiger partial charge on any atom is 0.190 e. The molecule has 3 nitrogen and oxygen atoms in total. The second-order valence-corrected chi connectivity index (χ2v) is 7.88. The van der Waals surface area contributed by atoms with Crippen molar-refractivity contribution in [3.63, 3.8) is 0 Å². The lowest BCUT2D eigenvalue weighted by Gasteiger charge is -2.03. The van der Waals surface area contributed by atoms with Crippen LogP contribution in [0.4, 0.5) is 0 Å². The minimum atomic E-state index is -3.22. The van der Waals surface area contributed by atoms with Gasteiger partial charge in [0.15, 0.2) is 9.84 Å². The van der Waals surface area contributed by atoms with Crippen molar-refractivity contribution >= 4 is 43.0 Å². The van der Waals surface area contributed by atoms with Crippen LogP contribution in [0.2, 0.25) is 5.15 Å². The van der Waals surface area contributed by atoms with Crippen molar-refractivity contribution in [2.45, 2.75) is 23.3 Å². The van der Waals surface area contributed by atoms with Gasteiger partial charge in [-0.15, -0.1) is 11.3 Å². The van der Waals surface area contributed by atoms with Crippen LogP contribution in [0.15, 0.2) is 22.4 Å². The number of hydrogen-bond donors (Lipinski definition) is 0. The van der Waals surface area contributed by atoms with Crippen LogP contribution in [-0.4, -0.2) is 18.7 Å². The van der Waals surface area contributed by atoms with Crippen LogP contribution >= 0.6 is 22.9 Å². The lowest BCUT2D eigenvalue weighted by atomic mass is 10.4. The van der Waals surface area contributed by atoms with E-state index in [1.807, 2.05) is 0 Å². The van der Waals surface area contributed by atoms with E-state index in [1.165, 1.54) is 11.3 Å². The summed E-state index contributed by atoms with van der Waals surface area (Å²) in [6.45, 7) is 3.33. The molecular weight excluding hydrogens is 266 g/mol. The number of fused-ring (bicyclic) bond motifs is 1. The molecular formula is C10H10ClNO2S2. The zero-order chi connectivity index (χ0) is 11.9. The van der Waals surface area contributed by atoms with Crippen LogP contribution in [0, 0.1) is 0 Å². The van der Waals surface area contributed by atoms with E-state index in [4.69, 9.17) is 11.6 Å². The first-order valence-corrected chi connectivity index (χ1v) is 7.45. The van der Waals surface area contributed by atoms with Crippen LogP contribution in [0.3, 0.4) is 0 Å². The molecule has 0 unspecified atom stereocenters. The number of thiophene rings is 1. The molecule has 86 valence electrons. The summed E-state index contributed by atoms with van der Waals surface area (Å²) in [6, 6.07) is 5.03. The van der Waals surface area contributed by atoms with Crippen molar-refractivity contribution < 1.29 is 8.42 Å². The van der Waals surface area contributed by atoms with Crippen LogP contribution < -0.4 is 0 Å². The lowest BCUT2D eigenvalue weighted by Crippen LogP contribution is -2.12. The monoisotopic (exact) mass is 275 g/mol. The predicted molar refractivity (Wildman–Crippen MR) is 67.0 cm³/mol. The maximum atomic E-state index is 11.9. The molecule has 0 fully saturated rings. The Morgan fingerprint density at radius 2 is 2.06 bits per heavy atom. The third-order valence-electron chi connectivity index (χ3n) is 2.22. The minimum absolute atomic E-state index is 0.354. The first-order chi connectivity index (χ1) is 7.41. The standard InChI is InChI=1S/C10H10ClNO2S2/c1-6(2)16(13,14)10-5-7-8(15-10)3-4-9(11)12-7/h3-6H,1-2H3. The molecule has 0 aliphatic carbocycles. The molecule has 0 atom stereocenters. The molecule has 2 aromatic rings. The Kier molecular flexibility index (Phi) is 2.94. The summed E-state index contributed by atoms with van der Waals surface area (Å²) in [7, 11) is -3.22. The van der Waals surface area contributed by atoms with Gasteiger partial charge in [-0.3, -0.25) is 0 Å². The zero-order valence-corrected chi connectivity index (χ0v) is 11.2. The van der Waals surface area contributed by atoms with E-state index in [2.05, 4.69) is 4.98 Å². The van der Waals surface area contributed by atoms with Crippen LogP contribution in [-0.2, 0) is 9.84 Å². The summed E-state index contributed by atoms with van der Waals surface area (Å²) in [5.74, 6) is 0. The molecule has 6 heteroatoms. The Morgan fingerprint density at radius 1 is 1.38 bits per heavy atom. The molecule has 0 N–H and O–H groups in total. The molecule has 0 aliphatic heterocycles. The first-order valence-electron chi connectivity index (χ1n) is 4.71. The largest absolute Gasteiger partial charge is 0.235 e. The fourth-order valence-corrected chi connectivity index (χ4v) is 4.19. The number of rotatable bonds is 2. The predicted octanol–water partition coefficient (Wildman–Crippen LogP) is 3.13. The number of hydrogen-bond acceptors (Lipinski definition) is 4. The minimum Gasteiger partial charge on any atom is -0.235 e. The highest BCUT2D eigenvalue weighted by molar-refractivity contribution is 7.94. The molecule has 0 saturated carbocycles. The zero-order valence-electron chi connectivity index (χ0n) is 8.77. The van der Waals surface area contributed by atoms with Crippen LogP contribution in [0.5, 0.6) is 0 Å². The molecule has 0 amide bonds. The number of aromatic nitrogens is 1. The molecule has 0 aromatic carbocycles. The van der Waals surface area contributed by atoms with Crippen molar-refractivity contribution in [1.29, 1.82) is 0 Å². The van der Waals surface area contributed by atoms with Gasteiger partial charge in [0.1, 0.15) is 9.36 Å². The van der Waals surface area contributed by atoms with Crippen molar-refractivity contribution in [3.05, 3.63) is 23.4 Å². The van der Waals surface area contributed by atoms with E-state index < -0.39 is 15.1 Å². The number of sulfone groups is 1. The molecule has 0 bridgehead atoms. The fraction of sp³-hybridized carbons (Fsp3) is 0.300. The summed E-state index contributed by atoms with van der Waals surface area (Å²) >= 11 is 6.98. The molecule has 0 spiro atoms. The molecule has 16 heavy (non-hydrogen) atoms. The number of nitrogens with zero attached hydrogens (tertiary/aromatic N) is 1. The van der Waals surface area contributed by atoms with E-state index >= 15 is 0 Å². The SMILES string of the molecule is CC(C)S(=O)(=O)c1cc2nc(Cl)ccc2s1. The van der Waals surface area contributed by atoms with E-state index in [0.29, 0.717) is 14.9 Å². The summed E-state index contributed by atoms with van der Waals surface area (Å²) in [6.07, 6.45) is 0. The van der Waals surface area contributed by atoms with E-state index in [9.17, 15) is 8.42 Å². The fourth-order valence-electron chi connectivity index (χ4n) is 1.25. The van der Waals surface area contributed by atoms with Crippen molar-refractivity contribution in [3.8, 4) is 0 Å². The highest BCUT2D eigenvalue weighted by atomic mass is 35.5. The Labute approximate surface area is 103 Å². The number of pyridine rings is 1. The number of halogens is 1. The summed E-state index contributed by atoms with van der Waals surface area (Å²) in [5.41, 5.74) is 0.636. The van der Waals surface area contributed by atoms with E-state index in [1.54, 1.807) is 32.0 Å². The highest BCUT2D eigenvalue weighted by Gasteiger charge is 2.22. The Hall–Kier alpha value is -0.650. The highest BCUT2D eigenvalue weighted by Crippen LogP contribution is 2.30. The average molecular weight is 276 g/mol. The molecule has 0 radical (unpaired) electrons. The van der Waals surface area contributed by atoms with Gasteiger partial charge in [-0.05, 0) is 32.0 Å². The van der Waals surface area contributed by atoms with Gasteiger partial charge in [0, 0.05) is 0 Å². The molecule has 2 heterocycles. The van der Waals surface area contributed by atoms with Gasteiger partial charge in [0.25, 0.3) is 0 Å². The molecule has 0 saturated heterocycles. The summed E-state index contributed by atoms with van der Waals surface area (Å²) in [5, 5.41) is -0.0465. The third kappa shape index (κ3) is 1.95. The van der Waals surface area contributed by atoms with Crippen LogP contribution in [0.25, 0.3) is 10.2 Å². The topological polar surface area (TPSA) is 47.0 Å². The van der Waals surface area contributed by atoms with Gasteiger partial charge in [-0.25, -0.2) is 13.4 Å². The smallest absolute Gasteiger partial charge is 0.190 e. The van der Waals surface area contributed by atoms with Crippen molar-refractivity contribution in [2.24, 2.45) is 0 Å². The first kappa shape index (κ1) is 11.8. The molecule has 2 aromatic heterocycles. The Morgan fingerprint density at radius 3 is 2.69 bits per heavy atom. The van der Waals surface area contributed by atoms with Gasteiger partial charge in [0.2, 0.25) is 0 Å². The second-order valence-electron chi connectivity index (χ2n) is 3.68. The molecule has 2 rings (SSSR count). The summed E-state index contributed by atoms with van der Waals surface area (Å²) in [4.78, 5) is 4.08. The molecule has 0 aliphatic rings. The van der Waals surface area contributed by atoms with E-state index in [-0.39, 0.29) is 0 Å². The normalized spacial score (nSPS) is 12.5. The second kappa shape index (κ2) is 3.98. The Balaban J connectivity index is 2.65. The third-order valence-corrected chi connectivity index (χ3v) is 6.18. The van der Waals surface area contributed by atoms with Gasteiger partial charge in [-0.2, -0.15) is 0 Å².